The highest BCUT2D eigenvalue weighted by Crippen LogP contribution is 2.30. The molecule has 14 heteroatoms. The van der Waals surface area contributed by atoms with E-state index in [4.69, 9.17) is 18.9 Å². The van der Waals surface area contributed by atoms with Gasteiger partial charge in [0.1, 0.15) is 48.8 Å². The molecule has 0 aromatic carbocycles. The molecule has 12 unspecified atom stereocenters. The van der Waals surface area contributed by atoms with E-state index < -0.39 is 86.8 Å². The number of nitrogens with one attached hydrogen (secondary N) is 1. The average molecular weight is 1040 g/mol. The number of ether oxygens (including phenoxy) is 4. The molecule has 14 nitrogen and oxygen atoms in total. The van der Waals surface area contributed by atoms with Gasteiger partial charge in [0.25, 0.3) is 0 Å². The van der Waals surface area contributed by atoms with E-state index in [9.17, 15) is 45.6 Å². The Hall–Kier alpha value is -3.35. The molecule has 2 saturated heterocycles. The standard InChI is InChI=1S/C60H99NO13/c1-3-5-7-9-11-12-13-14-15-16-17-18-19-20-21-22-23-24-25-26-27-28-29-30-31-32-33-34-35-36-38-40-42-44-52(65)61-48(49(64)43-41-39-37-10-8-6-4-2)47-71-59-57(70)55(68)58(51(46-63)73-59)74-60-56(69)54(67)53(66)50(45-62)72-60/h5,7-8,10-12,14-15,17-18,20-21,23-24,26-27,41,43,48-51,53-60,62-64,66-70H,3-4,6,9,13,16,19,22,25,28-40,42,44-47H2,1-2H3,(H,61,65)/b7-5-,10-8+,12-11-,15-14-,18-17-,21-20-,24-23-,27-26-,43-41+. The molecule has 2 fully saturated rings. The van der Waals surface area contributed by atoms with Crippen molar-refractivity contribution >= 4 is 5.91 Å². The summed E-state index contributed by atoms with van der Waals surface area (Å²) in [6.45, 7) is 2.51. The van der Waals surface area contributed by atoms with E-state index in [2.05, 4.69) is 116 Å². The van der Waals surface area contributed by atoms with Crippen molar-refractivity contribution in [1.29, 1.82) is 0 Å². The van der Waals surface area contributed by atoms with Gasteiger partial charge in [-0.25, -0.2) is 0 Å². The minimum atomic E-state index is -1.79. The highest BCUT2D eigenvalue weighted by atomic mass is 16.7. The molecule has 0 spiro atoms. The number of unbranched alkanes of at least 4 members (excludes halogenated alkanes) is 13. The van der Waals surface area contributed by atoms with E-state index in [1.54, 1.807) is 6.08 Å². The number of aliphatic hydroxyl groups excluding tert-OH is 8. The molecule has 9 N–H and O–H groups in total. The maximum absolute atomic E-state index is 13.1. The molecule has 74 heavy (non-hydrogen) atoms. The lowest BCUT2D eigenvalue weighted by atomic mass is 9.97. The normalized spacial score (nSPS) is 26.1. The van der Waals surface area contributed by atoms with Gasteiger partial charge < -0.3 is 65.1 Å². The molecule has 0 radical (unpaired) electrons. The Morgan fingerprint density at radius 1 is 0.500 bits per heavy atom. The molecule has 0 saturated carbocycles. The molecular formula is C60H99NO13. The van der Waals surface area contributed by atoms with Gasteiger partial charge in [0.2, 0.25) is 5.91 Å². The highest BCUT2D eigenvalue weighted by Gasteiger charge is 2.51. The van der Waals surface area contributed by atoms with Gasteiger partial charge in [-0.05, 0) is 83.5 Å². The minimum absolute atomic E-state index is 0.262. The van der Waals surface area contributed by atoms with Crippen LogP contribution in [-0.4, -0.2) is 140 Å². The van der Waals surface area contributed by atoms with Crippen molar-refractivity contribution in [2.24, 2.45) is 0 Å². The third-order valence-corrected chi connectivity index (χ3v) is 12.9. The second-order valence-corrected chi connectivity index (χ2v) is 19.3. The van der Waals surface area contributed by atoms with E-state index in [1.165, 1.54) is 44.9 Å². The van der Waals surface area contributed by atoms with Gasteiger partial charge in [0.05, 0.1) is 32.0 Å². The molecule has 12 atom stereocenters. The predicted molar refractivity (Wildman–Crippen MR) is 295 cm³/mol. The first kappa shape index (κ1) is 66.8. The minimum Gasteiger partial charge on any atom is -0.394 e. The first-order valence-corrected chi connectivity index (χ1v) is 28.1. The number of rotatable bonds is 42. The van der Waals surface area contributed by atoms with Crippen LogP contribution in [-0.2, 0) is 23.7 Å². The molecular weight excluding hydrogens is 943 g/mol. The Balaban J connectivity index is 1.62. The summed E-state index contributed by atoms with van der Waals surface area (Å²) in [6, 6.07) is -0.937. The zero-order valence-electron chi connectivity index (χ0n) is 45.0. The lowest BCUT2D eigenvalue weighted by Crippen LogP contribution is -2.65. The summed E-state index contributed by atoms with van der Waals surface area (Å²) in [4.78, 5) is 13.1. The highest BCUT2D eigenvalue weighted by molar-refractivity contribution is 5.76. The van der Waals surface area contributed by atoms with Crippen LogP contribution in [0, 0.1) is 0 Å². The van der Waals surface area contributed by atoms with Gasteiger partial charge in [-0.2, -0.15) is 0 Å². The summed E-state index contributed by atoms with van der Waals surface area (Å²) in [5, 5.41) is 86.5. The molecule has 2 aliphatic rings. The van der Waals surface area contributed by atoms with Crippen LogP contribution in [0.4, 0.5) is 0 Å². The molecule has 2 heterocycles. The number of carbonyl (C=O) groups is 1. The van der Waals surface area contributed by atoms with Crippen molar-refractivity contribution in [3.05, 3.63) is 109 Å². The van der Waals surface area contributed by atoms with Crippen molar-refractivity contribution < 1.29 is 64.6 Å². The van der Waals surface area contributed by atoms with E-state index in [0.29, 0.717) is 12.8 Å². The Morgan fingerprint density at radius 2 is 0.946 bits per heavy atom. The summed E-state index contributed by atoms with van der Waals surface area (Å²) < 4.78 is 22.6. The van der Waals surface area contributed by atoms with E-state index in [-0.39, 0.29) is 18.9 Å². The van der Waals surface area contributed by atoms with Crippen molar-refractivity contribution in [3.8, 4) is 0 Å². The first-order valence-electron chi connectivity index (χ1n) is 28.1. The van der Waals surface area contributed by atoms with Gasteiger partial charge in [0, 0.05) is 6.42 Å². The van der Waals surface area contributed by atoms with Crippen LogP contribution in [0.25, 0.3) is 0 Å². The number of allylic oxidation sites excluding steroid dienone is 17. The van der Waals surface area contributed by atoms with Crippen LogP contribution in [0.5, 0.6) is 0 Å². The van der Waals surface area contributed by atoms with Gasteiger partial charge in [-0.3, -0.25) is 4.79 Å². The quantitative estimate of drug-likeness (QED) is 0.0206. The van der Waals surface area contributed by atoms with Crippen LogP contribution in [0.2, 0.25) is 0 Å². The van der Waals surface area contributed by atoms with E-state index >= 15 is 0 Å². The molecule has 422 valence electrons. The van der Waals surface area contributed by atoms with Crippen LogP contribution >= 0.6 is 0 Å². The fourth-order valence-corrected chi connectivity index (χ4v) is 8.41. The summed E-state index contributed by atoms with van der Waals surface area (Å²) >= 11 is 0. The van der Waals surface area contributed by atoms with Crippen molar-refractivity contribution in [2.45, 2.75) is 242 Å². The largest absolute Gasteiger partial charge is 0.394 e. The zero-order chi connectivity index (χ0) is 53.9. The first-order chi connectivity index (χ1) is 36.1. The number of aliphatic hydroxyl groups is 8. The second-order valence-electron chi connectivity index (χ2n) is 19.3. The molecule has 0 aliphatic carbocycles. The topological polar surface area (TPSA) is 228 Å². The van der Waals surface area contributed by atoms with Crippen LogP contribution < -0.4 is 5.32 Å². The maximum Gasteiger partial charge on any atom is 0.220 e. The van der Waals surface area contributed by atoms with E-state index in [1.807, 2.05) is 6.08 Å². The number of hydrogen-bond donors (Lipinski definition) is 9. The van der Waals surface area contributed by atoms with Crippen LogP contribution in [0.15, 0.2) is 109 Å². The Kier molecular flexibility index (Phi) is 40.4. The SMILES string of the molecule is CC/C=C\C/C=C\C/C=C\C/C=C\C/C=C\C/C=C\C/C=C\CCCCCCCCCCCCCC(=O)NC(COC1OC(CO)C(OC2OC(CO)C(O)C(O)C2O)C(O)C1O)C(O)/C=C/CC/C=C/CCC. The Morgan fingerprint density at radius 3 is 1.47 bits per heavy atom. The van der Waals surface area contributed by atoms with Crippen molar-refractivity contribution in [3.63, 3.8) is 0 Å². The average Bonchev–Trinajstić information content (AvgIpc) is 3.40. The van der Waals surface area contributed by atoms with Crippen molar-refractivity contribution in [1.82, 2.24) is 5.32 Å². The lowest BCUT2D eigenvalue weighted by Gasteiger charge is -2.46. The number of amides is 1. The second kappa shape index (κ2) is 44.7. The molecule has 2 aliphatic heterocycles. The van der Waals surface area contributed by atoms with Gasteiger partial charge in [-0.15, -0.1) is 0 Å². The van der Waals surface area contributed by atoms with Gasteiger partial charge >= 0.3 is 0 Å². The monoisotopic (exact) mass is 1040 g/mol. The van der Waals surface area contributed by atoms with Gasteiger partial charge in [-0.1, -0.05) is 187 Å². The molecule has 0 aromatic heterocycles. The summed E-state index contributed by atoms with van der Waals surface area (Å²) in [5.74, 6) is -0.264. The van der Waals surface area contributed by atoms with Crippen LogP contribution in [0.1, 0.15) is 168 Å². The number of hydrogen-bond acceptors (Lipinski definition) is 13. The van der Waals surface area contributed by atoms with Crippen molar-refractivity contribution in [2.75, 3.05) is 19.8 Å². The molecule has 2 rings (SSSR count). The summed E-state index contributed by atoms with van der Waals surface area (Å²) in [6.07, 6.45) is 46.1. The van der Waals surface area contributed by atoms with Gasteiger partial charge in [0.15, 0.2) is 12.6 Å². The zero-order valence-corrected chi connectivity index (χ0v) is 45.0. The Bertz CT molecular complexity index is 1650. The fraction of sp³-hybridized carbons (Fsp3) is 0.683. The van der Waals surface area contributed by atoms with E-state index in [0.717, 1.165) is 89.9 Å². The third-order valence-electron chi connectivity index (χ3n) is 12.9. The number of carbonyl (C=O) groups excluding carboxylic acids is 1. The molecule has 1 amide bonds. The lowest BCUT2D eigenvalue weighted by molar-refractivity contribution is -0.359. The molecule has 0 bridgehead atoms. The fourth-order valence-electron chi connectivity index (χ4n) is 8.41. The summed E-state index contributed by atoms with van der Waals surface area (Å²) in [5.41, 5.74) is 0. The van der Waals surface area contributed by atoms with Crippen LogP contribution in [0.3, 0.4) is 0 Å². The summed E-state index contributed by atoms with van der Waals surface area (Å²) in [7, 11) is 0. The third kappa shape index (κ3) is 30.4. The maximum atomic E-state index is 13.1. The predicted octanol–water partition coefficient (Wildman–Crippen LogP) is 8.88. The Labute approximate surface area is 445 Å². The molecule has 0 aromatic rings. The smallest absolute Gasteiger partial charge is 0.220 e.